The number of methoxy groups -OCH3 is 2. The highest BCUT2D eigenvalue weighted by Crippen LogP contribution is 2.30. The first-order chi connectivity index (χ1) is 15.8. The van der Waals surface area contributed by atoms with Crippen LogP contribution in [0.15, 0.2) is 16.9 Å². The van der Waals surface area contributed by atoms with Gasteiger partial charge in [0.05, 0.1) is 31.7 Å². The monoisotopic (exact) mass is 479 g/mol. The number of rotatable bonds is 7. The minimum atomic E-state index is -3.47. The molecule has 182 valence electrons. The predicted molar refractivity (Wildman–Crippen MR) is 126 cm³/mol. The molecule has 2 fully saturated rings. The summed E-state index contributed by atoms with van der Waals surface area (Å²) >= 11 is 0. The number of nitrogens with one attached hydrogen (secondary N) is 1. The molecule has 11 heteroatoms. The zero-order valence-corrected chi connectivity index (χ0v) is 20.4. The maximum Gasteiger partial charge on any atom is 0.282 e. The van der Waals surface area contributed by atoms with Gasteiger partial charge >= 0.3 is 0 Å². The second-order valence-corrected chi connectivity index (χ2v) is 10.7. The molecule has 2 aromatic rings. The van der Waals surface area contributed by atoms with E-state index in [4.69, 9.17) is 9.47 Å². The molecule has 0 amide bonds. The van der Waals surface area contributed by atoms with Crippen molar-refractivity contribution in [3.63, 3.8) is 0 Å². The van der Waals surface area contributed by atoms with E-state index in [0.717, 1.165) is 25.7 Å². The molecule has 1 aromatic heterocycles. The van der Waals surface area contributed by atoms with Gasteiger partial charge in [-0.2, -0.15) is 17.0 Å². The quantitative estimate of drug-likeness (QED) is 0.642. The number of H-pyrrole nitrogens is 1. The molecule has 0 radical (unpaired) electrons. The van der Waals surface area contributed by atoms with Gasteiger partial charge in [-0.1, -0.05) is 19.3 Å². The molecule has 0 atom stereocenters. The number of hydrogen-bond acceptors (Lipinski definition) is 7. The van der Waals surface area contributed by atoms with E-state index < -0.39 is 10.2 Å². The van der Waals surface area contributed by atoms with E-state index in [1.165, 1.54) is 20.6 Å². The summed E-state index contributed by atoms with van der Waals surface area (Å²) in [5, 5.41) is 0.429. The predicted octanol–water partition coefficient (Wildman–Crippen LogP) is 1.57. The second kappa shape index (κ2) is 9.96. The Morgan fingerprint density at radius 3 is 2.33 bits per heavy atom. The minimum absolute atomic E-state index is 0.101. The molecule has 1 aliphatic carbocycles. The lowest BCUT2D eigenvalue weighted by Gasteiger charge is -2.38. The molecule has 2 heterocycles. The maximum absolute atomic E-state index is 13.1. The molecule has 10 nitrogen and oxygen atoms in total. The molecule has 0 spiro atoms. The third-order valence-corrected chi connectivity index (χ3v) is 8.79. The van der Waals surface area contributed by atoms with Crippen LogP contribution in [0.1, 0.15) is 37.9 Å². The van der Waals surface area contributed by atoms with Crippen LogP contribution in [-0.4, -0.2) is 85.4 Å². The van der Waals surface area contributed by atoms with Crippen LogP contribution in [0.5, 0.6) is 11.5 Å². The van der Waals surface area contributed by atoms with Gasteiger partial charge in [-0.3, -0.25) is 9.69 Å². The lowest BCUT2D eigenvalue weighted by atomic mass is 9.96. The zero-order valence-electron chi connectivity index (χ0n) is 19.5. The summed E-state index contributed by atoms with van der Waals surface area (Å²) in [6, 6.07) is 3.42. The summed E-state index contributed by atoms with van der Waals surface area (Å²) in [5.74, 6) is 1.52. The number of fused-ring (bicyclic) bond motifs is 1. The summed E-state index contributed by atoms with van der Waals surface area (Å²) in [6.07, 6.45) is 5.25. The van der Waals surface area contributed by atoms with Crippen LogP contribution in [0.3, 0.4) is 0 Å². The van der Waals surface area contributed by atoms with E-state index in [1.807, 2.05) is 0 Å². The molecule has 0 unspecified atom stereocenters. The van der Waals surface area contributed by atoms with E-state index in [0.29, 0.717) is 61.0 Å². The van der Waals surface area contributed by atoms with Crippen LogP contribution in [0.25, 0.3) is 10.9 Å². The van der Waals surface area contributed by atoms with Crippen LogP contribution < -0.4 is 15.0 Å². The fourth-order valence-corrected chi connectivity index (χ4v) is 6.31. The Hall–Kier alpha value is -2.21. The van der Waals surface area contributed by atoms with Crippen LogP contribution >= 0.6 is 0 Å². The van der Waals surface area contributed by atoms with E-state index >= 15 is 0 Å². The van der Waals surface area contributed by atoms with Crippen molar-refractivity contribution in [3.8, 4) is 11.5 Å². The first-order valence-corrected chi connectivity index (χ1v) is 12.8. The van der Waals surface area contributed by atoms with Gasteiger partial charge in [0.1, 0.15) is 5.82 Å². The maximum atomic E-state index is 13.1. The molecule has 1 N–H and O–H groups in total. The van der Waals surface area contributed by atoms with Crippen molar-refractivity contribution in [1.82, 2.24) is 23.5 Å². The van der Waals surface area contributed by atoms with Crippen LogP contribution in [0.4, 0.5) is 0 Å². The Morgan fingerprint density at radius 2 is 1.70 bits per heavy atom. The molecular weight excluding hydrogens is 446 g/mol. The summed E-state index contributed by atoms with van der Waals surface area (Å²) in [7, 11) is 1.30. The molecule has 2 aliphatic rings. The number of ether oxygens (including phenoxy) is 2. The van der Waals surface area contributed by atoms with Crippen LogP contribution in [0, 0.1) is 0 Å². The average molecular weight is 480 g/mol. The van der Waals surface area contributed by atoms with Crippen molar-refractivity contribution in [1.29, 1.82) is 0 Å². The van der Waals surface area contributed by atoms with Gasteiger partial charge in [-0.05, 0) is 18.9 Å². The number of aromatic amines is 1. The fourth-order valence-electron chi connectivity index (χ4n) is 4.73. The van der Waals surface area contributed by atoms with Gasteiger partial charge in [0.2, 0.25) is 0 Å². The van der Waals surface area contributed by atoms with E-state index in [1.54, 1.807) is 27.8 Å². The average Bonchev–Trinajstić information content (AvgIpc) is 2.83. The zero-order chi connectivity index (χ0) is 23.6. The number of hydrogen-bond donors (Lipinski definition) is 1. The second-order valence-electron chi connectivity index (χ2n) is 8.73. The first kappa shape index (κ1) is 23.9. The number of benzene rings is 1. The minimum Gasteiger partial charge on any atom is -0.493 e. The highest BCUT2D eigenvalue weighted by Gasteiger charge is 2.34. The summed E-state index contributed by atoms with van der Waals surface area (Å²) in [4.78, 5) is 22.2. The summed E-state index contributed by atoms with van der Waals surface area (Å²) < 4.78 is 40.0. The van der Waals surface area contributed by atoms with Crippen LogP contribution in [-0.2, 0) is 16.8 Å². The highest BCUT2D eigenvalue weighted by atomic mass is 32.2. The third-order valence-electron chi connectivity index (χ3n) is 6.74. The molecule has 1 saturated carbocycles. The fraction of sp³-hybridized carbons (Fsp3) is 0.636. The van der Waals surface area contributed by atoms with Gasteiger partial charge in [0.25, 0.3) is 15.8 Å². The molecule has 4 rings (SSSR count). The number of aromatic nitrogens is 2. The van der Waals surface area contributed by atoms with Crippen molar-refractivity contribution in [2.75, 3.05) is 47.4 Å². The molecule has 1 aliphatic heterocycles. The highest BCUT2D eigenvalue weighted by molar-refractivity contribution is 7.86. The SMILES string of the molecule is COc1cc2nc(CN3CCN(S(=O)(=O)N(C)C4CCCCC4)CC3)[nH]c(=O)c2cc1OC. The summed E-state index contributed by atoms with van der Waals surface area (Å²) in [6.45, 7) is 2.42. The molecule has 33 heavy (non-hydrogen) atoms. The van der Waals surface area contributed by atoms with Gasteiger partial charge in [0.15, 0.2) is 11.5 Å². The summed E-state index contributed by atoms with van der Waals surface area (Å²) in [5.41, 5.74) is 0.285. The Kier molecular flexibility index (Phi) is 7.22. The Balaban J connectivity index is 1.43. The van der Waals surface area contributed by atoms with E-state index in [9.17, 15) is 13.2 Å². The Bertz CT molecular complexity index is 1140. The van der Waals surface area contributed by atoms with E-state index in [2.05, 4.69) is 14.9 Å². The van der Waals surface area contributed by atoms with Gasteiger partial charge < -0.3 is 14.5 Å². The van der Waals surface area contributed by atoms with E-state index in [-0.39, 0.29) is 11.6 Å². The van der Waals surface area contributed by atoms with Crippen molar-refractivity contribution in [3.05, 3.63) is 28.3 Å². The number of piperazine rings is 1. The van der Waals surface area contributed by atoms with Crippen LogP contribution in [0.2, 0.25) is 0 Å². The van der Waals surface area contributed by atoms with Crippen molar-refractivity contribution in [2.45, 2.75) is 44.7 Å². The van der Waals surface area contributed by atoms with Gasteiger partial charge in [0, 0.05) is 45.3 Å². The lowest BCUT2D eigenvalue weighted by molar-refractivity contribution is 0.167. The van der Waals surface area contributed by atoms with Gasteiger partial charge in [-0.25, -0.2) is 4.98 Å². The van der Waals surface area contributed by atoms with Gasteiger partial charge in [-0.15, -0.1) is 0 Å². The Morgan fingerprint density at radius 1 is 1.06 bits per heavy atom. The first-order valence-electron chi connectivity index (χ1n) is 11.4. The Labute approximate surface area is 194 Å². The molecule has 1 aromatic carbocycles. The lowest BCUT2D eigenvalue weighted by Crippen LogP contribution is -2.54. The van der Waals surface area contributed by atoms with Crippen molar-refractivity contribution >= 4 is 21.1 Å². The van der Waals surface area contributed by atoms with Crippen molar-refractivity contribution < 1.29 is 17.9 Å². The molecule has 0 bridgehead atoms. The topological polar surface area (TPSA) is 108 Å². The molecule has 1 saturated heterocycles. The van der Waals surface area contributed by atoms with Crippen molar-refractivity contribution in [2.24, 2.45) is 0 Å². The normalized spacial score (nSPS) is 19.3. The molecular formula is C22H33N5O5S. The largest absolute Gasteiger partial charge is 0.493 e. The number of nitrogens with zero attached hydrogens (tertiary/aromatic N) is 4. The third kappa shape index (κ3) is 5.01. The smallest absolute Gasteiger partial charge is 0.282 e. The standard InChI is InChI=1S/C22H33N5O5S/c1-25(16-7-5-4-6-8-16)33(29,30)27-11-9-26(10-12-27)15-21-23-18-14-20(32-3)19(31-2)13-17(18)22(28)24-21/h13-14,16H,4-12,15H2,1-3H3,(H,23,24,28).